The number of esters is 1. The van der Waals surface area contributed by atoms with Gasteiger partial charge in [-0.05, 0) is 49.8 Å². The monoisotopic (exact) mass is 419 g/mol. The Bertz CT molecular complexity index is 1070. The van der Waals surface area contributed by atoms with Crippen LogP contribution in [0.4, 0.5) is 11.4 Å². The number of amides is 2. The van der Waals surface area contributed by atoms with Crippen molar-refractivity contribution in [3.8, 4) is 11.8 Å². The smallest absolute Gasteiger partial charge is 0.349 e. The van der Waals surface area contributed by atoms with Crippen molar-refractivity contribution in [3.63, 3.8) is 0 Å². The zero-order valence-electron chi connectivity index (χ0n) is 17.1. The van der Waals surface area contributed by atoms with Crippen LogP contribution >= 0.6 is 0 Å². The Kier molecular flexibility index (Phi) is 6.67. The Morgan fingerprint density at radius 3 is 2.61 bits per heavy atom. The second-order valence-electron chi connectivity index (χ2n) is 6.71. The molecule has 2 aromatic rings. The summed E-state index contributed by atoms with van der Waals surface area (Å²) >= 11 is 0. The first-order valence-corrected chi connectivity index (χ1v) is 9.68. The number of hydrogen-bond donors (Lipinski definition) is 1. The third-order valence-electron chi connectivity index (χ3n) is 4.51. The highest BCUT2D eigenvalue weighted by molar-refractivity contribution is 6.11. The van der Waals surface area contributed by atoms with Crippen LogP contribution < -0.4 is 15.0 Å². The van der Waals surface area contributed by atoms with Gasteiger partial charge in [-0.15, -0.1) is 0 Å². The minimum atomic E-state index is -1.19. The molecule has 8 nitrogen and oxygen atoms in total. The lowest BCUT2D eigenvalue weighted by Crippen LogP contribution is -2.47. The molecular weight excluding hydrogens is 398 g/mol. The first-order valence-electron chi connectivity index (χ1n) is 9.68. The second-order valence-corrected chi connectivity index (χ2v) is 6.71. The van der Waals surface area contributed by atoms with Crippen LogP contribution in [0.1, 0.15) is 19.4 Å². The van der Waals surface area contributed by atoms with Crippen molar-refractivity contribution in [2.24, 2.45) is 0 Å². The average Bonchev–Trinajstić information content (AvgIpc) is 2.77. The average molecular weight is 419 g/mol. The molecule has 1 atom stereocenters. The van der Waals surface area contributed by atoms with Gasteiger partial charge in [-0.1, -0.05) is 24.3 Å². The molecule has 1 aliphatic heterocycles. The Morgan fingerprint density at radius 2 is 1.94 bits per heavy atom. The van der Waals surface area contributed by atoms with Crippen molar-refractivity contribution in [2.45, 2.75) is 20.0 Å². The molecule has 0 unspecified atom stereocenters. The number of carbonyl (C=O) groups excluding carboxylic acids is 3. The molecule has 2 amide bonds. The van der Waals surface area contributed by atoms with Crippen LogP contribution in [0.15, 0.2) is 54.1 Å². The van der Waals surface area contributed by atoms with E-state index in [0.29, 0.717) is 29.3 Å². The number of para-hydroxylation sites is 2. The Balaban J connectivity index is 1.72. The highest BCUT2D eigenvalue weighted by Gasteiger charge is 2.31. The van der Waals surface area contributed by atoms with Gasteiger partial charge in [-0.3, -0.25) is 14.5 Å². The van der Waals surface area contributed by atoms with E-state index in [2.05, 4.69) is 5.32 Å². The van der Waals surface area contributed by atoms with E-state index in [9.17, 15) is 19.6 Å². The first kappa shape index (κ1) is 21.6. The lowest BCUT2D eigenvalue weighted by atomic mass is 10.1. The Hall–Kier alpha value is -4.12. The van der Waals surface area contributed by atoms with E-state index in [1.165, 1.54) is 17.9 Å². The van der Waals surface area contributed by atoms with Crippen molar-refractivity contribution in [1.82, 2.24) is 0 Å². The van der Waals surface area contributed by atoms with E-state index in [0.717, 1.165) is 0 Å². The number of nitriles is 1. The van der Waals surface area contributed by atoms with Gasteiger partial charge >= 0.3 is 5.97 Å². The van der Waals surface area contributed by atoms with Crippen molar-refractivity contribution < 1.29 is 23.9 Å². The maximum absolute atomic E-state index is 12.9. The topological polar surface area (TPSA) is 109 Å². The number of carbonyl (C=O) groups is 3. The van der Waals surface area contributed by atoms with Gasteiger partial charge in [0, 0.05) is 0 Å². The zero-order chi connectivity index (χ0) is 22.4. The van der Waals surface area contributed by atoms with Crippen LogP contribution in [0.5, 0.6) is 5.75 Å². The first-order chi connectivity index (χ1) is 14.9. The van der Waals surface area contributed by atoms with E-state index >= 15 is 0 Å². The van der Waals surface area contributed by atoms with Crippen LogP contribution in [0, 0.1) is 11.3 Å². The van der Waals surface area contributed by atoms with Gasteiger partial charge in [0.1, 0.15) is 23.9 Å². The van der Waals surface area contributed by atoms with Gasteiger partial charge in [0.05, 0.1) is 18.0 Å². The lowest BCUT2D eigenvalue weighted by Gasteiger charge is -2.30. The largest absolute Gasteiger partial charge is 0.494 e. The number of anilines is 2. The van der Waals surface area contributed by atoms with Crippen molar-refractivity contribution in [2.75, 3.05) is 23.4 Å². The van der Waals surface area contributed by atoms with E-state index in [-0.39, 0.29) is 18.0 Å². The summed E-state index contributed by atoms with van der Waals surface area (Å²) in [6.07, 6.45) is 0.183. The van der Waals surface area contributed by atoms with Gasteiger partial charge in [-0.25, -0.2) is 4.79 Å². The maximum Gasteiger partial charge on any atom is 0.349 e. The van der Waals surface area contributed by atoms with E-state index < -0.39 is 18.0 Å². The second kappa shape index (κ2) is 9.59. The number of rotatable bonds is 6. The van der Waals surface area contributed by atoms with Crippen LogP contribution in [-0.2, 0) is 19.1 Å². The van der Waals surface area contributed by atoms with Gasteiger partial charge in [0.15, 0.2) is 6.10 Å². The predicted octanol–water partition coefficient (Wildman–Crippen LogP) is 2.91. The lowest BCUT2D eigenvalue weighted by molar-refractivity contribution is -0.149. The third-order valence-corrected chi connectivity index (χ3v) is 4.51. The molecule has 2 aromatic carbocycles. The molecule has 0 saturated carbocycles. The Morgan fingerprint density at radius 1 is 1.23 bits per heavy atom. The zero-order valence-corrected chi connectivity index (χ0v) is 17.1. The standard InChI is InChI=1S/C23H21N3O5/c1-3-30-18-10-8-16(9-11-18)12-17(13-24)23(29)31-15(2)22(28)26-14-21(27)25-19-6-4-5-7-20(19)26/h4-12,15H,3,14H2,1-2H3,(H,25,27)/b17-12+/t15-/m1/s1. The van der Waals surface area contributed by atoms with Crippen LogP contribution in [-0.4, -0.2) is 37.0 Å². The molecule has 1 aliphatic rings. The van der Waals surface area contributed by atoms with Gasteiger partial charge < -0.3 is 14.8 Å². The van der Waals surface area contributed by atoms with E-state index in [1.807, 2.05) is 6.92 Å². The Labute approximate surface area is 179 Å². The minimum Gasteiger partial charge on any atom is -0.494 e. The van der Waals surface area contributed by atoms with Gasteiger partial charge in [0.2, 0.25) is 5.91 Å². The van der Waals surface area contributed by atoms with Crippen LogP contribution in [0.25, 0.3) is 6.08 Å². The molecule has 0 radical (unpaired) electrons. The summed E-state index contributed by atoms with van der Waals surface area (Å²) in [5.41, 5.74) is 1.37. The highest BCUT2D eigenvalue weighted by Crippen LogP contribution is 2.29. The summed E-state index contributed by atoms with van der Waals surface area (Å²) in [4.78, 5) is 38.5. The number of benzene rings is 2. The summed E-state index contributed by atoms with van der Waals surface area (Å²) in [6.45, 7) is 3.61. The van der Waals surface area contributed by atoms with Crippen molar-refractivity contribution >= 4 is 35.2 Å². The normalized spacial score (nSPS) is 14.0. The molecule has 1 heterocycles. The molecule has 3 rings (SSSR count). The molecule has 1 N–H and O–H groups in total. The molecule has 0 fully saturated rings. The molecule has 0 saturated heterocycles. The molecular formula is C23H21N3O5. The number of nitrogens with zero attached hydrogens (tertiary/aromatic N) is 2. The van der Waals surface area contributed by atoms with Crippen LogP contribution in [0.3, 0.4) is 0 Å². The third kappa shape index (κ3) is 5.08. The summed E-state index contributed by atoms with van der Waals surface area (Å²) in [6, 6.07) is 15.5. The summed E-state index contributed by atoms with van der Waals surface area (Å²) in [7, 11) is 0. The number of ether oxygens (including phenoxy) is 2. The van der Waals surface area contributed by atoms with E-state index in [4.69, 9.17) is 9.47 Å². The summed E-state index contributed by atoms with van der Waals surface area (Å²) in [5, 5.41) is 12.1. The van der Waals surface area contributed by atoms with Crippen molar-refractivity contribution in [1.29, 1.82) is 5.26 Å². The molecule has 8 heteroatoms. The summed E-state index contributed by atoms with van der Waals surface area (Å²) < 4.78 is 10.6. The minimum absolute atomic E-state index is 0.190. The SMILES string of the molecule is CCOc1ccc(/C=C(\C#N)C(=O)O[C@H](C)C(=O)N2CC(=O)Nc3ccccc32)cc1. The molecule has 0 aromatic heterocycles. The quantitative estimate of drug-likeness (QED) is 0.438. The fraction of sp³-hybridized carbons (Fsp3) is 0.217. The summed E-state index contributed by atoms with van der Waals surface area (Å²) in [5.74, 6) is -1.16. The number of hydrogen-bond acceptors (Lipinski definition) is 6. The highest BCUT2D eigenvalue weighted by atomic mass is 16.5. The number of fused-ring (bicyclic) bond motifs is 1. The van der Waals surface area contributed by atoms with Gasteiger partial charge in [0.25, 0.3) is 5.91 Å². The number of nitrogens with one attached hydrogen (secondary N) is 1. The molecule has 0 spiro atoms. The molecule has 0 bridgehead atoms. The predicted molar refractivity (Wildman–Crippen MR) is 114 cm³/mol. The molecule has 31 heavy (non-hydrogen) atoms. The van der Waals surface area contributed by atoms with Gasteiger partial charge in [-0.2, -0.15) is 5.26 Å². The van der Waals surface area contributed by atoms with Crippen LogP contribution in [0.2, 0.25) is 0 Å². The molecule has 0 aliphatic carbocycles. The van der Waals surface area contributed by atoms with E-state index in [1.54, 1.807) is 54.6 Å². The fourth-order valence-corrected chi connectivity index (χ4v) is 3.05. The maximum atomic E-state index is 12.9. The van der Waals surface area contributed by atoms with Crippen molar-refractivity contribution in [3.05, 3.63) is 59.7 Å². The molecule has 158 valence electrons. The fourth-order valence-electron chi connectivity index (χ4n) is 3.05.